The van der Waals surface area contributed by atoms with Gasteiger partial charge in [0.15, 0.2) is 6.10 Å². The SMILES string of the molecule is O=C(NCC1CC1)[C@@H]1Cn2ccnc2C2(CCN(C(=O)NC3CC3)CC2)O1. The van der Waals surface area contributed by atoms with Gasteiger partial charge in [-0.15, -0.1) is 0 Å². The summed E-state index contributed by atoms with van der Waals surface area (Å²) in [5, 5.41) is 6.09. The minimum atomic E-state index is -0.584. The molecule has 1 saturated heterocycles. The molecule has 5 rings (SSSR count). The van der Waals surface area contributed by atoms with Crippen LogP contribution in [-0.4, -0.2) is 58.2 Å². The summed E-state index contributed by atoms with van der Waals surface area (Å²) < 4.78 is 8.43. The van der Waals surface area contributed by atoms with Gasteiger partial charge in [-0.05, 0) is 31.6 Å². The zero-order chi connectivity index (χ0) is 18.4. The van der Waals surface area contributed by atoms with Crippen LogP contribution in [-0.2, 0) is 21.7 Å². The molecule has 1 aromatic heterocycles. The minimum Gasteiger partial charge on any atom is -0.354 e. The van der Waals surface area contributed by atoms with Gasteiger partial charge < -0.3 is 24.8 Å². The molecule has 3 amide bonds. The largest absolute Gasteiger partial charge is 0.354 e. The number of fused-ring (bicyclic) bond motifs is 2. The van der Waals surface area contributed by atoms with E-state index in [1.54, 1.807) is 6.20 Å². The molecule has 2 N–H and O–H groups in total. The molecule has 146 valence electrons. The predicted octanol–water partition coefficient (Wildman–Crippen LogP) is 0.971. The lowest BCUT2D eigenvalue weighted by molar-refractivity contribution is -0.171. The molecule has 3 heterocycles. The highest BCUT2D eigenvalue weighted by Gasteiger charge is 2.48. The van der Waals surface area contributed by atoms with E-state index in [4.69, 9.17) is 4.74 Å². The lowest BCUT2D eigenvalue weighted by Gasteiger charge is -2.45. The van der Waals surface area contributed by atoms with Gasteiger partial charge in [0.1, 0.15) is 11.4 Å². The van der Waals surface area contributed by atoms with Crippen LogP contribution in [0.25, 0.3) is 0 Å². The van der Waals surface area contributed by atoms with Crippen molar-refractivity contribution in [1.82, 2.24) is 25.1 Å². The fourth-order valence-electron chi connectivity index (χ4n) is 4.12. The number of imidazole rings is 1. The average molecular weight is 373 g/mol. The third-order valence-corrected chi connectivity index (χ3v) is 6.17. The summed E-state index contributed by atoms with van der Waals surface area (Å²) in [6.45, 7) is 2.47. The molecule has 1 aromatic rings. The van der Waals surface area contributed by atoms with Crippen LogP contribution in [0, 0.1) is 5.92 Å². The second-order valence-electron chi connectivity index (χ2n) is 8.40. The molecule has 1 spiro atoms. The molecule has 8 heteroatoms. The number of carbonyl (C=O) groups excluding carboxylic acids is 2. The van der Waals surface area contributed by atoms with E-state index in [1.807, 2.05) is 15.7 Å². The molecule has 4 aliphatic rings. The quantitative estimate of drug-likeness (QED) is 0.823. The summed E-state index contributed by atoms with van der Waals surface area (Å²) in [5.74, 6) is 1.49. The van der Waals surface area contributed by atoms with Crippen molar-refractivity contribution in [1.29, 1.82) is 0 Å². The highest BCUT2D eigenvalue weighted by molar-refractivity contribution is 5.81. The van der Waals surface area contributed by atoms with Crippen molar-refractivity contribution in [3.63, 3.8) is 0 Å². The highest BCUT2D eigenvalue weighted by atomic mass is 16.5. The van der Waals surface area contributed by atoms with E-state index in [2.05, 4.69) is 15.6 Å². The summed E-state index contributed by atoms with van der Waals surface area (Å²) in [6, 6.07) is 0.378. The molecular weight excluding hydrogens is 346 g/mol. The number of hydrogen-bond acceptors (Lipinski definition) is 4. The summed E-state index contributed by atoms with van der Waals surface area (Å²) in [5.41, 5.74) is -0.584. The van der Waals surface area contributed by atoms with Crippen molar-refractivity contribution in [2.75, 3.05) is 19.6 Å². The van der Waals surface area contributed by atoms with E-state index < -0.39 is 11.7 Å². The summed E-state index contributed by atoms with van der Waals surface area (Å²) in [4.78, 5) is 31.4. The maximum Gasteiger partial charge on any atom is 0.317 e. The first-order chi connectivity index (χ1) is 13.1. The molecular formula is C19H27N5O3. The van der Waals surface area contributed by atoms with E-state index in [1.165, 1.54) is 12.8 Å². The first kappa shape index (κ1) is 17.0. The number of aromatic nitrogens is 2. The van der Waals surface area contributed by atoms with Crippen molar-refractivity contribution in [2.24, 2.45) is 5.92 Å². The number of nitrogens with zero attached hydrogens (tertiary/aromatic N) is 3. The molecule has 2 saturated carbocycles. The van der Waals surface area contributed by atoms with Crippen molar-refractivity contribution in [2.45, 2.75) is 62.8 Å². The minimum absolute atomic E-state index is 0.0187. The Morgan fingerprint density at radius 2 is 2.00 bits per heavy atom. The monoisotopic (exact) mass is 373 g/mol. The van der Waals surface area contributed by atoms with Crippen molar-refractivity contribution < 1.29 is 14.3 Å². The molecule has 0 bridgehead atoms. The van der Waals surface area contributed by atoms with Gasteiger partial charge >= 0.3 is 6.03 Å². The van der Waals surface area contributed by atoms with Crippen LogP contribution in [0.5, 0.6) is 0 Å². The zero-order valence-electron chi connectivity index (χ0n) is 15.5. The Morgan fingerprint density at radius 1 is 1.22 bits per heavy atom. The summed E-state index contributed by atoms with van der Waals surface area (Å²) >= 11 is 0. The number of amides is 3. The number of likely N-dealkylation sites (tertiary alicyclic amines) is 1. The Labute approximate surface area is 158 Å². The topological polar surface area (TPSA) is 88.5 Å². The van der Waals surface area contributed by atoms with Gasteiger partial charge in [0.25, 0.3) is 5.91 Å². The molecule has 2 aliphatic heterocycles. The second kappa shape index (κ2) is 6.51. The highest BCUT2D eigenvalue weighted by Crippen LogP contribution is 2.40. The van der Waals surface area contributed by atoms with Crippen LogP contribution >= 0.6 is 0 Å². The second-order valence-corrected chi connectivity index (χ2v) is 8.40. The van der Waals surface area contributed by atoms with Crippen LogP contribution < -0.4 is 10.6 Å². The molecule has 3 fully saturated rings. The predicted molar refractivity (Wildman–Crippen MR) is 96.9 cm³/mol. The van der Waals surface area contributed by atoms with Gasteiger partial charge in [-0.1, -0.05) is 0 Å². The summed E-state index contributed by atoms with van der Waals surface area (Å²) in [7, 11) is 0. The standard InChI is InChI=1S/C19H27N5O3/c25-16(21-11-13-1-2-13)15-12-24-10-7-20-17(24)19(27-15)5-8-23(9-6-19)18(26)22-14-3-4-14/h7,10,13-15H,1-6,8-9,11-12H2,(H,21,25)(H,22,26)/t15-/m0/s1. The van der Waals surface area contributed by atoms with E-state index >= 15 is 0 Å². The van der Waals surface area contributed by atoms with Gasteiger partial charge in [0, 0.05) is 50.9 Å². The lowest BCUT2D eigenvalue weighted by Crippen LogP contribution is -2.56. The molecule has 1 atom stereocenters. The van der Waals surface area contributed by atoms with Gasteiger partial charge in [0.05, 0.1) is 6.54 Å². The number of carbonyl (C=O) groups is 2. The third-order valence-electron chi connectivity index (χ3n) is 6.17. The Hall–Kier alpha value is -2.09. The fourth-order valence-corrected chi connectivity index (χ4v) is 4.12. The van der Waals surface area contributed by atoms with E-state index in [9.17, 15) is 9.59 Å². The van der Waals surface area contributed by atoms with Crippen molar-refractivity contribution in [3.05, 3.63) is 18.2 Å². The number of rotatable bonds is 4. The first-order valence-electron chi connectivity index (χ1n) is 10.2. The van der Waals surface area contributed by atoms with Crippen LogP contribution in [0.3, 0.4) is 0 Å². The van der Waals surface area contributed by atoms with Crippen LogP contribution in [0.2, 0.25) is 0 Å². The van der Waals surface area contributed by atoms with Gasteiger partial charge in [-0.2, -0.15) is 0 Å². The fraction of sp³-hybridized carbons (Fsp3) is 0.737. The van der Waals surface area contributed by atoms with Crippen LogP contribution in [0.1, 0.15) is 44.3 Å². The van der Waals surface area contributed by atoms with Crippen LogP contribution in [0.15, 0.2) is 12.4 Å². The van der Waals surface area contributed by atoms with E-state index in [-0.39, 0.29) is 11.9 Å². The number of urea groups is 1. The molecule has 0 unspecified atom stereocenters. The van der Waals surface area contributed by atoms with Crippen molar-refractivity contribution >= 4 is 11.9 Å². The van der Waals surface area contributed by atoms with Gasteiger partial charge in [-0.25, -0.2) is 9.78 Å². The Balaban J connectivity index is 1.27. The third kappa shape index (κ3) is 3.42. The number of ether oxygens (including phenoxy) is 1. The average Bonchev–Trinajstić information content (AvgIpc) is 3.60. The van der Waals surface area contributed by atoms with Crippen molar-refractivity contribution in [3.8, 4) is 0 Å². The van der Waals surface area contributed by atoms with Gasteiger partial charge in [-0.3, -0.25) is 4.79 Å². The number of nitrogens with one attached hydrogen (secondary N) is 2. The van der Waals surface area contributed by atoms with Gasteiger partial charge in [0.2, 0.25) is 0 Å². The smallest absolute Gasteiger partial charge is 0.317 e. The number of piperidine rings is 1. The normalized spacial score (nSPS) is 26.5. The maximum absolute atomic E-state index is 12.6. The summed E-state index contributed by atoms with van der Waals surface area (Å²) in [6.07, 6.45) is 9.11. The lowest BCUT2D eigenvalue weighted by atomic mass is 9.88. The molecule has 2 aliphatic carbocycles. The van der Waals surface area contributed by atoms with E-state index in [0.717, 1.165) is 25.2 Å². The van der Waals surface area contributed by atoms with Crippen LogP contribution in [0.4, 0.5) is 4.79 Å². The maximum atomic E-state index is 12.6. The Morgan fingerprint density at radius 3 is 2.70 bits per heavy atom. The molecule has 8 nitrogen and oxygen atoms in total. The number of hydrogen-bond donors (Lipinski definition) is 2. The van der Waals surface area contributed by atoms with E-state index in [0.29, 0.717) is 44.4 Å². The first-order valence-corrected chi connectivity index (χ1v) is 10.2. The molecule has 27 heavy (non-hydrogen) atoms. The Bertz CT molecular complexity index is 731. The Kier molecular flexibility index (Phi) is 4.11. The zero-order valence-corrected chi connectivity index (χ0v) is 15.5. The molecule has 0 aromatic carbocycles. The molecule has 0 radical (unpaired) electrons.